The highest BCUT2D eigenvalue weighted by Gasteiger charge is 2.09. The second-order valence-corrected chi connectivity index (χ2v) is 2.12. The maximum absolute atomic E-state index is 12.8. The first-order valence-electron chi connectivity index (χ1n) is 3.04. The number of halogens is 1. The van der Waals surface area contributed by atoms with E-state index < -0.39 is 0 Å². The molecule has 0 spiro atoms. The fourth-order valence-electron chi connectivity index (χ4n) is 0.995. The maximum atomic E-state index is 12.8. The highest BCUT2D eigenvalue weighted by atomic mass is 19.1. The monoisotopic (exact) mass is 134 g/mol. The highest BCUT2D eigenvalue weighted by molar-refractivity contribution is 5.69. The van der Waals surface area contributed by atoms with E-state index in [0.717, 1.165) is 5.56 Å². The van der Waals surface area contributed by atoms with E-state index in [2.05, 4.69) is 5.32 Å². The van der Waals surface area contributed by atoms with Crippen molar-refractivity contribution in [2.75, 3.05) is 0 Å². The lowest BCUT2D eigenvalue weighted by atomic mass is 10.2. The predicted octanol–water partition coefficient (Wildman–Crippen LogP) is 2.05. The Morgan fingerprint density at radius 1 is 1.30 bits per heavy atom. The molecule has 2 rings (SSSR count). The molecule has 10 heavy (non-hydrogen) atoms. The molecule has 0 bridgehead atoms. The Kier molecular flexibility index (Phi) is 1.01. The van der Waals surface area contributed by atoms with Crippen LogP contribution < -0.4 is 5.32 Å². The van der Waals surface area contributed by atoms with Crippen LogP contribution in [0.15, 0.2) is 24.4 Å². The molecular weight excluding hydrogens is 129 g/mol. The van der Waals surface area contributed by atoms with Crippen molar-refractivity contribution < 1.29 is 4.39 Å². The molecule has 1 heterocycles. The van der Waals surface area contributed by atoms with Crippen LogP contribution in [0.5, 0.6) is 0 Å². The lowest BCUT2D eigenvalue weighted by Crippen LogP contribution is -1.86. The zero-order valence-corrected chi connectivity index (χ0v) is 5.21. The van der Waals surface area contributed by atoms with Gasteiger partial charge in [0.1, 0.15) is 11.5 Å². The molecule has 1 nitrogen and oxygen atoms in total. The molecule has 0 N–H and O–H groups in total. The molecule has 0 fully saturated rings. The first-order valence-corrected chi connectivity index (χ1v) is 3.04. The van der Waals surface area contributed by atoms with Crippen molar-refractivity contribution in [3.63, 3.8) is 0 Å². The van der Waals surface area contributed by atoms with Crippen LogP contribution in [0.3, 0.4) is 0 Å². The van der Waals surface area contributed by atoms with E-state index in [4.69, 9.17) is 0 Å². The second kappa shape index (κ2) is 1.84. The lowest BCUT2D eigenvalue weighted by Gasteiger charge is -1.96. The van der Waals surface area contributed by atoms with Gasteiger partial charge in [-0.1, -0.05) is 12.1 Å². The van der Waals surface area contributed by atoms with E-state index in [1.165, 1.54) is 6.07 Å². The fourth-order valence-corrected chi connectivity index (χ4v) is 0.995. The summed E-state index contributed by atoms with van der Waals surface area (Å²) >= 11 is 0. The number of para-hydroxylation sites is 1. The van der Waals surface area contributed by atoms with E-state index in [1.807, 2.05) is 6.07 Å². The van der Waals surface area contributed by atoms with Gasteiger partial charge in [0.05, 0.1) is 0 Å². The summed E-state index contributed by atoms with van der Waals surface area (Å²) in [5.74, 6) is -0.248. The van der Waals surface area contributed by atoms with Crippen molar-refractivity contribution >= 4 is 11.8 Å². The maximum Gasteiger partial charge on any atom is 0.149 e. The van der Waals surface area contributed by atoms with Gasteiger partial charge < -0.3 is 0 Å². The molecule has 0 unspecified atom stereocenters. The van der Waals surface area contributed by atoms with Crippen LogP contribution in [0.1, 0.15) is 5.56 Å². The minimum absolute atomic E-state index is 0.248. The van der Waals surface area contributed by atoms with Gasteiger partial charge in [-0.2, -0.15) is 0 Å². The molecule has 0 aromatic heterocycles. The second-order valence-electron chi connectivity index (χ2n) is 2.12. The first kappa shape index (κ1) is 5.47. The average Bonchev–Trinajstić information content (AvgIpc) is 2.36. The van der Waals surface area contributed by atoms with Gasteiger partial charge in [0.2, 0.25) is 0 Å². The molecule has 1 aromatic rings. The van der Waals surface area contributed by atoms with Gasteiger partial charge >= 0.3 is 0 Å². The number of hydrogen-bond acceptors (Lipinski definition) is 0. The Hall–Kier alpha value is -1.31. The summed E-state index contributed by atoms with van der Waals surface area (Å²) in [5, 5.41) is 3.84. The standard InChI is InChI=1S/C8H5FN/c9-7-3-1-2-6-4-5-10-8(6)7/h1-5H. The SMILES string of the molecule is Fc1cccc2c1[N]C=C2. The van der Waals surface area contributed by atoms with Crippen LogP contribution in [0, 0.1) is 5.82 Å². The van der Waals surface area contributed by atoms with Gasteiger partial charge in [0, 0.05) is 11.8 Å². The Balaban J connectivity index is 2.66. The lowest BCUT2D eigenvalue weighted by molar-refractivity contribution is 0.625. The molecule has 0 aliphatic carbocycles. The van der Waals surface area contributed by atoms with Crippen molar-refractivity contribution in [3.8, 4) is 0 Å². The normalized spacial score (nSPS) is 12.9. The van der Waals surface area contributed by atoms with E-state index >= 15 is 0 Å². The molecule has 1 radical (unpaired) electrons. The van der Waals surface area contributed by atoms with Gasteiger partial charge in [0.15, 0.2) is 0 Å². The Bertz CT molecular complexity index is 291. The van der Waals surface area contributed by atoms with Crippen molar-refractivity contribution in [3.05, 3.63) is 35.8 Å². The molecule has 1 aromatic carbocycles. The van der Waals surface area contributed by atoms with Gasteiger partial charge in [-0.15, -0.1) is 0 Å². The smallest absolute Gasteiger partial charge is 0.149 e. The summed E-state index contributed by atoms with van der Waals surface area (Å²) in [6.45, 7) is 0. The van der Waals surface area contributed by atoms with Crippen molar-refractivity contribution in [2.24, 2.45) is 0 Å². The summed E-state index contributed by atoms with van der Waals surface area (Å²) in [6, 6.07) is 4.93. The number of benzene rings is 1. The van der Waals surface area contributed by atoms with Gasteiger partial charge in [-0.25, -0.2) is 4.39 Å². The highest BCUT2D eigenvalue weighted by Crippen LogP contribution is 2.25. The van der Waals surface area contributed by atoms with Gasteiger partial charge in [-0.05, 0) is 12.1 Å². The van der Waals surface area contributed by atoms with Crippen LogP contribution in [0.25, 0.3) is 6.08 Å². The molecule has 1 aliphatic rings. The molecule has 2 heteroatoms. The molecule has 0 atom stereocenters. The molecular formula is C8H5FN. The van der Waals surface area contributed by atoms with Crippen LogP contribution in [-0.2, 0) is 0 Å². The third kappa shape index (κ3) is 0.620. The minimum atomic E-state index is -0.248. The topological polar surface area (TPSA) is 14.1 Å². The zero-order valence-electron chi connectivity index (χ0n) is 5.21. The van der Waals surface area contributed by atoms with Crippen LogP contribution in [0.4, 0.5) is 10.1 Å². The third-order valence-corrected chi connectivity index (χ3v) is 1.48. The van der Waals surface area contributed by atoms with Crippen molar-refractivity contribution in [1.29, 1.82) is 0 Å². The summed E-state index contributed by atoms with van der Waals surface area (Å²) in [7, 11) is 0. The fraction of sp³-hybridized carbons (Fsp3) is 0. The zero-order chi connectivity index (χ0) is 6.97. The molecule has 0 saturated carbocycles. The summed E-state index contributed by atoms with van der Waals surface area (Å²) in [6.07, 6.45) is 3.40. The molecule has 1 aliphatic heterocycles. The number of fused-ring (bicyclic) bond motifs is 1. The predicted molar refractivity (Wildman–Crippen MR) is 37.2 cm³/mol. The van der Waals surface area contributed by atoms with E-state index in [0.29, 0.717) is 5.69 Å². The summed E-state index contributed by atoms with van der Waals surface area (Å²) in [5.41, 5.74) is 1.32. The van der Waals surface area contributed by atoms with Crippen molar-refractivity contribution in [2.45, 2.75) is 0 Å². The van der Waals surface area contributed by atoms with E-state index in [9.17, 15) is 4.39 Å². The van der Waals surface area contributed by atoms with Crippen LogP contribution >= 0.6 is 0 Å². The molecule has 0 saturated heterocycles. The van der Waals surface area contributed by atoms with Gasteiger partial charge in [-0.3, -0.25) is 5.32 Å². The third-order valence-electron chi connectivity index (χ3n) is 1.48. The Morgan fingerprint density at radius 3 is 3.00 bits per heavy atom. The van der Waals surface area contributed by atoms with Crippen molar-refractivity contribution in [1.82, 2.24) is 5.32 Å². The molecule has 49 valence electrons. The average molecular weight is 134 g/mol. The number of nitrogens with zero attached hydrogens (tertiary/aromatic N) is 1. The van der Waals surface area contributed by atoms with E-state index in [1.54, 1.807) is 18.3 Å². The van der Waals surface area contributed by atoms with E-state index in [-0.39, 0.29) is 5.82 Å². The molecule has 0 amide bonds. The first-order chi connectivity index (χ1) is 4.88. The minimum Gasteiger partial charge on any atom is -0.253 e. The summed E-state index contributed by atoms with van der Waals surface area (Å²) in [4.78, 5) is 0. The summed E-state index contributed by atoms with van der Waals surface area (Å²) < 4.78 is 12.8. The Morgan fingerprint density at radius 2 is 2.20 bits per heavy atom. The largest absolute Gasteiger partial charge is 0.253 e. The van der Waals surface area contributed by atoms with Crippen LogP contribution in [-0.4, -0.2) is 0 Å². The quantitative estimate of drug-likeness (QED) is 0.515. The number of rotatable bonds is 0. The van der Waals surface area contributed by atoms with Crippen LogP contribution in [0.2, 0.25) is 0 Å². The Labute approximate surface area is 58.2 Å². The van der Waals surface area contributed by atoms with Gasteiger partial charge in [0.25, 0.3) is 0 Å². The number of hydrogen-bond donors (Lipinski definition) is 0.